The Labute approximate surface area is 112 Å². The van der Waals surface area contributed by atoms with Crippen molar-refractivity contribution >= 4 is 17.6 Å². The van der Waals surface area contributed by atoms with Gasteiger partial charge in [-0.2, -0.15) is 0 Å². The van der Waals surface area contributed by atoms with Crippen LogP contribution in [0.15, 0.2) is 35.5 Å². The number of hydrogen-bond acceptors (Lipinski definition) is 3. The maximum Gasteiger partial charge on any atom is 0.335 e. The molecule has 0 spiro atoms. The number of hydrogen-bond donors (Lipinski definition) is 1. The van der Waals surface area contributed by atoms with E-state index in [-0.39, 0.29) is 5.97 Å². The highest BCUT2D eigenvalue weighted by molar-refractivity contribution is 6.30. The molecule has 1 N–H and O–H groups in total. The fourth-order valence-corrected chi connectivity index (χ4v) is 2.05. The Kier molecular flexibility index (Phi) is 4.26. The minimum absolute atomic E-state index is 0.188. The third-order valence-corrected chi connectivity index (χ3v) is 3.25. The van der Waals surface area contributed by atoms with E-state index in [9.17, 15) is 4.79 Å². The maximum atomic E-state index is 11.4. The third kappa shape index (κ3) is 3.26. The molecule has 1 aliphatic heterocycles. The van der Waals surface area contributed by atoms with Gasteiger partial charge in [0.25, 0.3) is 0 Å². The van der Waals surface area contributed by atoms with Crippen molar-refractivity contribution in [2.24, 2.45) is 0 Å². The Morgan fingerprint density at radius 3 is 2.72 bits per heavy atom. The summed E-state index contributed by atoms with van der Waals surface area (Å²) in [6.45, 7) is 3.22. The predicted octanol–water partition coefficient (Wildman–Crippen LogP) is 2.69. The first-order valence-corrected chi connectivity index (χ1v) is 6.40. The van der Waals surface area contributed by atoms with Gasteiger partial charge in [-0.15, -0.1) is 0 Å². The first kappa shape index (κ1) is 13.0. The number of halogens is 1. The lowest BCUT2D eigenvalue weighted by Gasteiger charge is -2.08. The van der Waals surface area contributed by atoms with Gasteiger partial charge in [-0.25, -0.2) is 4.79 Å². The fraction of sp³-hybridized carbons (Fsp3) is 0.357. The van der Waals surface area contributed by atoms with Crippen LogP contribution in [-0.4, -0.2) is 19.1 Å². The van der Waals surface area contributed by atoms with Crippen molar-refractivity contribution < 1.29 is 9.53 Å². The van der Waals surface area contributed by atoms with Crippen LogP contribution in [0.25, 0.3) is 0 Å². The monoisotopic (exact) mass is 265 g/mol. The zero-order valence-corrected chi connectivity index (χ0v) is 11.1. The average molecular weight is 266 g/mol. The largest absolute Gasteiger partial charge is 0.462 e. The SMILES string of the molecule is C/C(NCCc1ccc(Cl)cc1)=C1\CCOC1=O. The van der Waals surface area contributed by atoms with Gasteiger partial charge < -0.3 is 10.1 Å². The van der Waals surface area contributed by atoms with Gasteiger partial charge in [0.15, 0.2) is 0 Å². The van der Waals surface area contributed by atoms with E-state index in [1.165, 1.54) is 5.56 Å². The summed E-state index contributed by atoms with van der Waals surface area (Å²) in [4.78, 5) is 11.4. The molecule has 0 saturated carbocycles. The van der Waals surface area contributed by atoms with Crippen LogP contribution in [-0.2, 0) is 16.0 Å². The highest BCUT2D eigenvalue weighted by Crippen LogP contribution is 2.16. The van der Waals surface area contributed by atoms with E-state index in [1.54, 1.807) is 0 Å². The van der Waals surface area contributed by atoms with Crippen molar-refractivity contribution in [2.75, 3.05) is 13.2 Å². The molecular formula is C14H16ClNO2. The molecular weight excluding hydrogens is 250 g/mol. The lowest BCUT2D eigenvalue weighted by atomic mass is 10.1. The van der Waals surface area contributed by atoms with Crippen molar-refractivity contribution in [1.29, 1.82) is 0 Å². The van der Waals surface area contributed by atoms with Gasteiger partial charge >= 0.3 is 5.97 Å². The second-order valence-electron chi connectivity index (χ2n) is 4.29. The number of benzene rings is 1. The zero-order valence-electron chi connectivity index (χ0n) is 10.3. The molecule has 1 aromatic rings. The first-order valence-electron chi connectivity index (χ1n) is 6.02. The van der Waals surface area contributed by atoms with Crippen LogP contribution in [0.2, 0.25) is 5.02 Å². The van der Waals surface area contributed by atoms with Gasteiger partial charge in [-0.3, -0.25) is 0 Å². The molecule has 96 valence electrons. The van der Waals surface area contributed by atoms with Gasteiger partial charge in [-0.05, 0) is 31.0 Å². The molecule has 1 fully saturated rings. The minimum atomic E-state index is -0.188. The van der Waals surface area contributed by atoms with Crippen molar-refractivity contribution in [3.8, 4) is 0 Å². The Hall–Kier alpha value is -1.48. The molecule has 1 saturated heterocycles. The molecule has 0 aromatic heterocycles. The number of rotatable bonds is 4. The summed E-state index contributed by atoms with van der Waals surface area (Å²) in [6, 6.07) is 7.79. The van der Waals surface area contributed by atoms with Crippen molar-refractivity contribution in [3.05, 3.63) is 46.1 Å². The molecule has 1 aliphatic rings. The van der Waals surface area contributed by atoms with Crippen LogP contribution in [0.1, 0.15) is 18.9 Å². The molecule has 0 amide bonds. The molecule has 0 atom stereocenters. The van der Waals surface area contributed by atoms with Gasteiger partial charge in [0.05, 0.1) is 12.2 Å². The van der Waals surface area contributed by atoms with Crippen LogP contribution >= 0.6 is 11.6 Å². The summed E-state index contributed by atoms with van der Waals surface area (Å²) < 4.78 is 4.91. The lowest BCUT2D eigenvalue weighted by molar-refractivity contribution is -0.135. The maximum absolute atomic E-state index is 11.4. The molecule has 0 bridgehead atoms. The Morgan fingerprint density at radius 1 is 1.39 bits per heavy atom. The van der Waals surface area contributed by atoms with Crippen molar-refractivity contribution in [3.63, 3.8) is 0 Å². The summed E-state index contributed by atoms with van der Waals surface area (Å²) in [5.41, 5.74) is 2.91. The zero-order chi connectivity index (χ0) is 13.0. The van der Waals surface area contributed by atoms with E-state index >= 15 is 0 Å². The van der Waals surface area contributed by atoms with Gasteiger partial charge in [0, 0.05) is 23.7 Å². The molecule has 18 heavy (non-hydrogen) atoms. The molecule has 1 heterocycles. The normalized spacial score (nSPS) is 17.6. The number of esters is 1. The van der Waals surface area contributed by atoms with Gasteiger partial charge in [0.1, 0.15) is 0 Å². The second kappa shape index (κ2) is 5.91. The van der Waals surface area contributed by atoms with Crippen molar-refractivity contribution in [1.82, 2.24) is 5.32 Å². The number of carbonyl (C=O) groups is 1. The van der Waals surface area contributed by atoms with E-state index < -0.39 is 0 Å². The quantitative estimate of drug-likeness (QED) is 0.672. The molecule has 2 rings (SSSR count). The van der Waals surface area contributed by atoms with Crippen LogP contribution in [0.4, 0.5) is 0 Å². The van der Waals surface area contributed by atoms with E-state index in [0.717, 1.165) is 29.3 Å². The summed E-state index contributed by atoms with van der Waals surface area (Å²) in [5.74, 6) is -0.188. The van der Waals surface area contributed by atoms with E-state index in [1.807, 2.05) is 31.2 Å². The summed E-state index contributed by atoms with van der Waals surface area (Å²) in [5, 5.41) is 4.01. The summed E-state index contributed by atoms with van der Waals surface area (Å²) in [6.07, 6.45) is 1.61. The van der Waals surface area contributed by atoms with Gasteiger partial charge in [-0.1, -0.05) is 23.7 Å². The Bertz CT molecular complexity index is 465. The van der Waals surface area contributed by atoms with E-state index in [2.05, 4.69) is 5.32 Å². The summed E-state index contributed by atoms with van der Waals surface area (Å²) >= 11 is 5.82. The Balaban J connectivity index is 1.85. The average Bonchev–Trinajstić information content (AvgIpc) is 2.78. The lowest BCUT2D eigenvalue weighted by Crippen LogP contribution is -2.17. The summed E-state index contributed by atoms with van der Waals surface area (Å²) in [7, 11) is 0. The first-order chi connectivity index (χ1) is 8.66. The second-order valence-corrected chi connectivity index (χ2v) is 4.73. The van der Waals surface area contributed by atoms with E-state index in [0.29, 0.717) is 13.0 Å². The van der Waals surface area contributed by atoms with Crippen LogP contribution < -0.4 is 5.32 Å². The molecule has 0 unspecified atom stereocenters. The molecule has 1 aromatic carbocycles. The predicted molar refractivity (Wildman–Crippen MR) is 71.4 cm³/mol. The van der Waals surface area contributed by atoms with Gasteiger partial charge in [0.2, 0.25) is 0 Å². The highest BCUT2D eigenvalue weighted by atomic mass is 35.5. The topological polar surface area (TPSA) is 38.3 Å². The number of nitrogens with one attached hydrogen (secondary N) is 1. The smallest absolute Gasteiger partial charge is 0.335 e. The number of cyclic esters (lactones) is 1. The van der Waals surface area contributed by atoms with Crippen LogP contribution in [0, 0.1) is 0 Å². The molecule has 0 radical (unpaired) electrons. The number of allylic oxidation sites excluding steroid dienone is 1. The number of carbonyl (C=O) groups excluding carboxylic acids is 1. The highest BCUT2D eigenvalue weighted by Gasteiger charge is 2.20. The molecule has 0 aliphatic carbocycles. The van der Waals surface area contributed by atoms with Crippen molar-refractivity contribution in [2.45, 2.75) is 19.8 Å². The Morgan fingerprint density at radius 2 is 2.11 bits per heavy atom. The molecule has 4 heteroatoms. The van der Waals surface area contributed by atoms with Crippen LogP contribution in [0.3, 0.4) is 0 Å². The molecule has 3 nitrogen and oxygen atoms in total. The standard InChI is InChI=1S/C14H16ClNO2/c1-10(13-7-9-18-14(13)17)16-8-6-11-2-4-12(15)5-3-11/h2-5,16H,6-9H2,1H3/b13-10-. The number of ether oxygens (including phenoxy) is 1. The minimum Gasteiger partial charge on any atom is -0.462 e. The third-order valence-electron chi connectivity index (χ3n) is 3.00. The van der Waals surface area contributed by atoms with Crippen LogP contribution in [0.5, 0.6) is 0 Å². The fourth-order valence-electron chi connectivity index (χ4n) is 1.93. The van der Waals surface area contributed by atoms with E-state index in [4.69, 9.17) is 16.3 Å².